The molecule has 2 rings (SSSR count). The molecule has 0 aromatic heterocycles. The molecule has 1 aromatic rings. The standard InChI is InChI=1S/C12H14N2O3S/c1-10-2-4-11(5-3-10)18(15,16)17-12(6-7-13)8-14-9-12/h2-5,14H,6,8-9H2,1H3. The van der Waals surface area contributed by atoms with Gasteiger partial charge in [0.25, 0.3) is 10.1 Å². The summed E-state index contributed by atoms with van der Waals surface area (Å²) in [6, 6.07) is 8.41. The molecule has 1 aliphatic rings. The van der Waals surface area contributed by atoms with Gasteiger partial charge in [0.1, 0.15) is 5.60 Å². The molecule has 5 nitrogen and oxygen atoms in total. The predicted octanol–water partition coefficient (Wildman–Crippen LogP) is 0.956. The van der Waals surface area contributed by atoms with Crippen LogP contribution in [0.3, 0.4) is 0 Å². The molecule has 1 saturated heterocycles. The van der Waals surface area contributed by atoms with E-state index in [1.165, 1.54) is 12.1 Å². The fraction of sp³-hybridized carbons (Fsp3) is 0.417. The average Bonchev–Trinajstić information content (AvgIpc) is 2.26. The van der Waals surface area contributed by atoms with Crippen molar-refractivity contribution < 1.29 is 12.6 Å². The molecule has 1 N–H and O–H groups in total. The first kappa shape index (κ1) is 13.0. The van der Waals surface area contributed by atoms with Gasteiger partial charge in [-0.2, -0.15) is 13.7 Å². The van der Waals surface area contributed by atoms with Crippen molar-refractivity contribution in [2.24, 2.45) is 0 Å². The smallest absolute Gasteiger partial charge is 0.297 e. The Morgan fingerprint density at radius 2 is 2.00 bits per heavy atom. The van der Waals surface area contributed by atoms with Gasteiger partial charge >= 0.3 is 0 Å². The summed E-state index contributed by atoms with van der Waals surface area (Å²) in [7, 11) is -3.81. The molecule has 0 amide bonds. The van der Waals surface area contributed by atoms with Gasteiger partial charge in [0.15, 0.2) is 0 Å². The summed E-state index contributed by atoms with van der Waals surface area (Å²) in [4.78, 5) is 0.123. The third-order valence-corrected chi connectivity index (χ3v) is 4.31. The molecule has 1 aliphatic heterocycles. The fourth-order valence-corrected chi connectivity index (χ4v) is 2.95. The van der Waals surface area contributed by atoms with Crippen LogP contribution in [0, 0.1) is 18.3 Å². The first-order valence-electron chi connectivity index (χ1n) is 5.57. The van der Waals surface area contributed by atoms with E-state index in [1.807, 2.05) is 13.0 Å². The van der Waals surface area contributed by atoms with E-state index in [9.17, 15) is 8.42 Å². The van der Waals surface area contributed by atoms with E-state index in [1.54, 1.807) is 12.1 Å². The van der Waals surface area contributed by atoms with Crippen molar-refractivity contribution in [1.82, 2.24) is 5.32 Å². The van der Waals surface area contributed by atoms with E-state index in [4.69, 9.17) is 9.44 Å². The molecule has 0 bridgehead atoms. The lowest BCUT2D eigenvalue weighted by Gasteiger charge is -2.39. The number of rotatable bonds is 4. The minimum Gasteiger partial charge on any atom is -0.311 e. The first-order chi connectivity index (χ1) is 8.47. The maximum atomic E-state index is 12.1. The largest absolute Gasteiger partial charge is 0.311 e. The number of nitrogens with one attached hydrogen (secondary N) is 1. The quantitative estimate of drug-likeness (QED) is 0.821. The Morgan fingerprint density at radius 1 is 1.39 bits per heavy atom. The molecule has 6 heteroatoms. The Hall–Kier alpha value is -1.42. The normalized spacial score (nSPS) is 17.8. The van der Waals surface area contributed by atoms with Crippen LogP contribution in [0.25, 0.3) is 0 Å². The maximum absolute atomic E-state index is 12.1. The highest BCUT2D eigenvalue weighted by molar-refractivity contribution is 7.86. The zero-order valence-electron chi connectivity index (χ0n) is 10.0. The Labute approximate surface area is 107 Å². The van der Waals surface area contributed by atoms with Crippen LogP contribution in [0.5, 0.6) is 0 Å². The zero-order valence-corrected chi connectivity index (χ0v) is 10.8. The van der Waals surface area contributed by atoms with Crippen molar-refractivity contribution >= 4 is 10.1 Å². The van der Waals surface area contributed by atoms with Gasteiger partial charge in [-0.05, 0) is 19.1 Å². The van der Waals surface area contributed by atoms with Crippen molar-refractivity contribution in [2.45, 2.75) is 23.8 Å². The van der Waals surface area contributed by atoms with Crippen molar-refractivity contribution in [3.05, 3.63) is 29.8 Å². The van der Waals surface area contributed by atoms with Gasteiger partial charge in [0.05, 0.1) is 17.4 Å². The van der Waals surface area contributed by atoms with Crippen LogP contribution in [0.15, 0.2) is 29.2 Å². The molecule has 1 fully saturated rings. The van der Waals surface area contributed by atoms with Crippen LogP contribution >= 0.6 is 0 Å². The number of nitrogens with zero attached hydrogens (tertiary/aromatic N) is 1. The second-order valence-corrected chi connectivity index (χ2v) is 6.02. The Bertz CT molecular complexity index is 568. The summed E-state index contributed by atoms with van der Waals surface area (Å²) in [5, 5.41) is 11.6. The van der Waals surface area contributed by atoms with Crippen LogP contribution < -0.4 is 5.32 Å². The third-order valence-electron chi connectivity index (χ3n) is 2.89. The SMILES string of the molecule is Cc1ccc(S(=O)(=O)OC2(CC#N)CNC2)cc1. The highest BCUT2D eigenvalue weighted by Crippen LogP contribution is 2.26. The van der Waals surface area contributed by atoms with Crippen LogP contribution in [0.4, 0.5) is 0 Å². The summed E-state index contributed by atoms with van der Waals surface area (Å²) in [6.45, 7) is 2.64. The molecule has 0 spiro atoms. The third kappa shape index (κ3) is 2.53. The van der Waals surface area contributed by atoms with Crippen LogP contribution in [-0.2, 0) is 14.3 Å². The van der Waals surface area contributed by atoms with Gasteiger partial charge in [0.2, 0.25) is 0 Å². The maximum Gasteiger partial charge on any atom is 0.297 e. The summed E-state index contributed by atoms with van der Waals surface area (Å²) in [6.07, 6.45) is 0.0606. The molecular weight excluding hydrogens is 252 g/mol. The summed E-state index contributed by atoms with van der Waals surface area (Å²) < 4.78 is 29.3. The number of hydrogen-bond acceptors (Lipinski definition) is 5. The number of nitriles is 1. The predicted molar refractivity (Wildman–Crippen MR) is 65.3 cm³/mol. The van der Waals surface area contributed by atoms with E-state index < -0.39 is 15.7 Å². The van der Waals surface area contributed by atoms with Gasteiger partial charge in [-0.3, -0.25) is 4.18 Å². The molecule has 0 radical (unpaired) electrons. The van der Waals surface area contributed by atoms with Crippen molar-refractivity contribution in [2.75, 3.05) is 13.1 Å². The molecule has 0 atom stereocenters. The molecule has 1 heterocycles. The molecule has 0 aliphatic carbocycles. The topological polar surface area (TPSA) is 79.2 Å². The monoisotopic (exact) mass is 266 g/mol. The molecule has 0 unspecified atom stereocenters. The Balaban J connectivity index is 2.22. The number of hydrogen-bond donors (Lipinski definition) is 1. The molecule has 96 valence electrons. The van der Waals surface area contributed by atoms with Gasteiger partial charge in [-0.15, -0.1) is 0 Å². The van der Waals surface area contributed by atoms with Gasteiger partial charge in [-0.1, -0.05) is 17.7 Å². The highest BCUT2D eigenvalue weighted by atomic mass is 32.2. The first-order valence-corrected chi connectivity index (χ1v) is 6.98. The lowest BCUT2D eigenvalue weighted by molar-refractivity contribution is 0.0275. The van der Waals surface area contributed by atoms with Gasteiger partial charge in [-0.25, -0.2) is 0 Å². The van der Waals surface area contributed by atoms with E-state index in [0.29, 0.717) is 13.1 Å². The van der Waals surface area contributed by atoms with E-state index in [2.05, 4.69) is 5.32 Å². The van der Waals surface area contributed by atoms with Crippen molar-refractivity contribution in [1.29, 1.82) is 5.26 Å². The van der Waals surface area contributed by atoms with E-state index in [0.717, 1.165) is 5.56 Å². The van der Waals surface area contributed by atoms with E-state index in [-0.39, 0.29) is 11.3 Å². The molecule has 18 heavy (non-hydrogen) atoms. The zero-order chi connectivity index (χ0) is 13.2. The number of aryl methyl sites for hydroxylation is 1. The summed E-state index contributed by atoms with van der Waals surface area (Å²) >= 11 is 0. The summed E-state index contributed by atoms with van der Waals surface area (Å²) in [5.74, 6) is 0. The Morgan fingerprint density at radius 3 is 2.44 bits per heavy atom. The van der Waals surface area contributed by atoms with E-state index >= 15 is 0 Å². The fourth-order valence-electron chi connectivity index (χ4n) is 1.75. The molecular formula is C12H14N2O3S. The lowest BCUT2D eigenvalue weighted by atomic mass is 9.94. The second kappa shape index (κ2) is 4.69. The minimum absolute atomic E-state index is 0.0606. The van der Waals surface area contributed by atoms with Crippen molar-refractivity contribution in [3.8, 4) is 6.07 Å². The average molecular weight is 266 g/mol. The van der Waals surface area contributed by atoms with Crippen LogP contribution in [0.2, 0.25) is 0 Å². The highest BCUT2D eigenvalue weighted by Gasteiger charge is 2.42. The van der Waals surface area contributed by atoms with Gasteiger partial charge < -0.3 is 5.32 Å². The second-order valence-electron chi connectivity index (χ2n) is 4.47. The van der Waals surface area contributed by atoms with Gasteiger partial charge in [0, 0.05) is 13.1 Å². The van der Waals surface area contributed by atoms with Crippen molar-refractivity contribution in [3.63, 3.8) is 0 Å². The minimum atomic E-state index is -3.81. The van der Waals surface area contributed by atoms with Crippen LogP contribution in [-0.4, -0.2) is 27.1 Å². The molecule has 1 aromatic carbocycles. The number of benzene rings is 1. The summed E-state index contributed by atoms with van der Waals surface area (Å²) in [5.41, 5.74) is 0.0735. The lowest BCUT2D eigenvalue weighted by Crippen LogP contribution is -2.61. The molecule has 0 saturated carbocycles. The Kier molecular flexibility index (Phi) is 3.39. The van der Waals surface area contributed by atoms with Crippen LogP contribution in [0.1, 0.15) is 12.0 Å².